The van der Waals surface area contributed by atoms with E-state index in [9.17, 15) is 28.0 Å². The molecule has 0 aliphatic carbocycles. The molecule has 0 bridgehead atoms. The van der Waals surface area contributed by atoms with Crippen LogP contribution in [0.4, 0.5) is 13.2 Å². The van der Waals surface area contributed by atoms with Crippen molar-refractivity contribution in [3.8, 4) is 0 Å². The minimum atomic E-state index is -1.39. The van der Waals surface area contributed by atoms with Gasteiger partial charge in [0.25, 0.3) is 11.8 Å². The van der Waals surface area contributed by atoms with E-state index in [0.717, 1.165) is 35.2 Å². The Labute approximate surface area is 144 Å². The summed E-state index contributed by atoms with van der Waals surface area (Å²) in [7, 11) is 0. The molecule has 1 fully saturated rings. The lowest BCUT2D eigenvalue weighted by molar-refractivity contribution is -0.168. The maximum Gasteiger partial charge on any atom is 0.267 e. The topological polar surface area (TPSA) is 60.9 Å². The SMILES string of the molecule is O=C1CN(C(=O)c2c(F)cccc2F)C(c2ccc(F)c(Cl)c2)N1O. The Hall–Kier alpha value is -2.58. The second-order valence-electron chi connectivity index (χ2n) is 5.32. The van der Waals surface area contributed by atoms with Gasteiger partial charge in [0, 0.05) is 0 Å². The number of carbonyl (C=O) groups is 2. The van der Waals surface area contributed by atoms with Gasteiger partial charge in [-0.15, -0.1) is 0 Å². The molecule has 1 aliphatic heterocycles. The van der Waals surface area contributed by atoms with E-state index >= 15 is 0 Å². The first-order chi connectivity index (χ1) is 11.8. The van der Waals surface area contributed by atoms with Crippen molar-refractivity contribution < 1.29 is 28.0 Å². The largest absolute Gasteiger partial charge is 0.302 e. The summed E-state index contributed by atoms with van der Waals surface area (Å²) in [6.07, 6.45) is -1.39. The minimum absolute atomic E-state index is 0.102. The third kappa shape index (κ3) is 2.94. The number of hydroxylamine groups is 2. The first-order valence-electron chi connectivity index (χ1n) is 7.02. The number of amides is 2. The number of rotatable bonds is 2. The van der Waals surface area contributed by atoms with E-state index in [4.69, 9.17) is 11.6 Å². The quantitative estimate of drug-likeness (QED) is 0.826. The van der Waals surface area contributed by atoms with Gasteiger partial charge in [-0.3, -0.25) is 14.8 Å². The summed E-state index contributed by atoms with van der Waals surface area (Å²) in [5, 5.41) is 9.88. The Morgan fingerprint density at radius 1 is 1.12 bits per heavy atom. The average Bonchev–Trinajstić information content (AvgIpc) is 2.85. The van der Waals surface area contributed by atoms with Crippen LogP contribution in [0.25, 0.3) is 0 Å². The summed E-state index contributed by atoms with van der Waals surface area (Å²) in [6.45, 7) is -0.608. The maximum atomic E-state index is 13.9. The molecule has 25 heavy (non-hydrogen) atoms. The van der Waals surface area contributed by atoms with Crippen LogP contribution in [0.3, 0.4) is 0 Å². The van der Waals surface area contributed by atoms with Crippen LogP contribution < -0.4 is 0 Å². The van der Waals surface area contributed by atoms with Gasteiger partial charge in [-0.25, -0.2) is 13.2 Å². The summed E-state index contributed by atoms with van der Waals surface area (Å²) in [4.78, 5) is 25.1. The summed E-state index contributed by atoms with van der Waals surface area (Å²) in [5.74, 6) is -4.95. The lowest BCUT2D eigenvalue weighted by Gasteiger charge is -2.26. The van der Waals surface area contributed by atoms with Gasteiger partial charge in [-0.05, 0) is 29.8 Å². The fourth-order valence-electron chi connectivity index (χ4n) is 2.60. The molecular formula is C16H10ClF3N2O3. The van der Waals surface area contributed by atoms with Crippen molar-refractivity contribution in [3.63, 3.8) is 0 Å². The number of nitrogens with zero attached hydrogens (tertiary/aromatic N) is 2. The number of carbonyl (C=O) groups excluding carboxylic acids is 2. The van der Waals surface area contributed by atoms with Crippen LogP contribution in [0.2, 0.25) is 5.02 Å². The molecule has 0 radical (unpaired) electrons. The van der Waals surface area contributed by atoms with Gasteiger partial charge in [-0.2, -0.15) is 5.06 Å². The number of hydrogen-bond donors (Lipinski definition) is 1. The molecule has 2 amide bonds. The third-order valence-corrected chi connectivity index (χ3v) is 4.06. The molecule has 1 aliphatic rings. The molecule has 0 saturated carbocycles. The molecule has 0 aromatic heterocycles. The third-order valence-electron chi connectivity index (χ3n) is 3.77. The maximum absolute atomic E-state index is 13.9. The molecule has 1 unspecified atom stereocenters. The van der Waals surface area contributed by atoms with E-state index in [1.165, 1.54) is 6.07 Å². The van der Waals surface area contributed by atoms with Crippen molar-refractivity contribution >= 4 is 23.4 Å². The monoisotopic (exact) mass is 370 g/mol. The summed E-state index contributed by atoms with van der Waals surface area (Å²) in [5.41, 5.74) is -0.756. The predicted octanol–water partition coefficient (Wildman–Crippen LogP) is 3.13. The van der Waals surface area contributed by atoms with Crippen molar-refractivity contribution in [2.45, 2.75) is 6.17 Å². The van der Waals surface area contributed by atoms with Crippen LogP contribution in [-0.2, 0) is 4.79 Å². The first kappa shape index (κ1) is 17.2. The number of hydrogen-bond acceptors (Lipinski definition) is 3. The highest BCUT2D eigenvalue weighted by Gasteiger charge is 2.43. The lowest BCUT2D eigenvalue weighted by atomic mass is 10.1. The van der Waals surface area contributed by atoms with E-state index in [1.54, 1.807) is 0 Å². The Balaban J connectivity index is 2.05. The first-order valence-corrected chi connectivity index (χ1v) is 7.40. The second-order valence-corrected chi connectivity index (χ2v) is 5.72. The Morgan fingerprint density at radius 3 is 2.36 bits per heavy atom. The number of benzene rings is 2. The fourth-order valence-corrected chi connectivity index (χ4v) is 2.78. The molecule has 3 rings (SSSR count). The van der Waals surface area contributed by atoms with E-state index in [2.05, 4.69) is 0 Å². The molecule has 0 spiro atoms. The molecule has 1 atom stereocenters. The highest BCUT2D eigenvalue weighted by atomic mass is 35.5. The zero-order valence-corrected chi connectivity index (χ0v) is 13.2. The molecule has 130 valence electrons. The van der Waals surface area contributed by atoms with Gasteiger partial charge in [-0.1, -0.05) is 23.7 Å². The molecule has 1 N–H and O–H groups in total. The van der Waals surface area contributed by atoms with Crippen LogP contribution in [0.5, 0.6) is 0 Å². The molecule has 5 nitrogen and oxygen atoms in total. The van der Waals surface area contributed by atoms with Crippen molar-refractivity contribution in [1.29, 1.82) is 0 Å². The van der Waals surface area contributed by atoms with Crippen LogP contribution in [0, 0.1) is 17.5 Å². The highest BCUT2D eigenvalue weighted by Crippen LogP contribution is 2.33. The average molecular weight is 371 g/mol. The van der Waals surface area contributed by atoms with Crippen molar-refractivity contribution in [2.75, 3.05) is 6.54 Å². The molecule has 2 aromatic rings. The van der Waals surface area contributed by atoms with Crippen LogP contribution in [0.1, 0.15) is 22.1 Å². The molecule has 1 heterocycles. The van der Waals surface area contributed by atoms with Gasteiger partial charge in [0.2, 0.25) is 0 Å². The minimum Gasteiger partial charge on any atom is -0.302 e. The summed E-state index contributed by atoms with van der Waals surface area (Å²) in [6, 6.07) is 6.18. The Kier molecular flexibility index (Phi) is 4.40. The van der Waals surface area contributed by atoms with E-state index in [-0.39, 0.29) is 15.6 Å². The van der Waals surface area contributed by atoms with Gasteiger partial charge < -0.3 is 4.90 Å². The molecule has 1 saturated heterocycles. The zero-order valence-electron chi connectivity index (χ0n) is 12.4. The van der Waals surface area contributed by atoms with Crippen molar-refractivity contribution in [3.05, 3.63) is 70.0 Å². The second kappa shape index (κ2) is 6.38. The Morgan fingerprint density at radius 2 is 1.76 bits per heavy atom. The Bertz CT molecular complexity index is 857. The van der Waals surface area contributed by atoms with Crippen LogP contribution in [-0.4, -0.2) is 33.5 Å². The predicted molar refractivity (Wildman–Crippen MR) is 80.2 cm³/mol. The van der Waals surface area contributed by atoms with Gasteiger partial charge in [0.1, 0.15) is 29.6 Å². The van der Waals surface area contributed by atoms with Crippen molar-refractivity contribution in [2.24, 2.45) is 0 Å². The van der Waals surface area contributed by atoms with Crippen molar-refractivity contribution in [1.82, 2.24) is 9.96 Å². The molecular weight excluding hydrogens is 361 g/mol. The number of halogens is 4. The van der Waals surface area contributed by atoms with E-state index in [0.29, 0.717) is 0 Å². The summed E-state index contributed by atoms with van der Waals surface area (Å²) >= 11 is 5.69. The standard InChI is InChI=1S/C16H10ClF3N2O3/c17-9-6-8(4-5-10(9)18)15-21(7-13(23)22(15)25)16(24)14-11(19)2-1-3-12(14)20/h1-6,15,25H,7H2. The molecule has 9 heteroatoms. The van der Waals surface area contributed by atoms with Crippen LogP contribution in [0.15, 0.2) is 36.4 Å². The van der Waals surface area contributed by atoms with Gasteiger partial charge in [0.05, 0.1) is 5.02 Å². The normalized spacial score (nSPS) is 17.3. The van der Waals surface area contributed by atoms with Crippen LogP contribution >= 0.6 is 11.6 Å². The zero-order chi connectivity index (χ0) is 18.3. The van der Waals surface area contributed by atoms with Gasteiger partial charge >= 0.3 is 0 Å². The van der Waals surface area contributed by atoms with E-state index in [1.807, 2.05) is 0 Å². The molecule has 2 aromatic carbocycles. The lowest BCUT2D eigenvalue weighted by Crippen LogP contribution is -2.35. The highest BCUT2D eigenvalue weighted by molar-refractivity contribution is 6.30. The van der Waals surface area contributed by atoms with E-state index < -0.39 is 47.5 Å². The summed E-state index contributed by atoms with van der Waals surface area (Å²) < 4.78 is 41.1. The fraction of sp³-hybridized carbons (Fsp3) is 0.125. The van der Waals surface area contributed by atoms with Gasteiger partial charge in [0.15, 0.2) is 6.17 Å². The smallest absolute Gasteiger partial charge is 0.267 e.